The normalized spacial score (nSPS) is 10.4. The van der Waals surface area contributed by atoms with Crippen molar-refractivity contribution in [1.82, 2.24) is 15.0 Å². The lowest BCUT2D eigenvalue weighted by Crippen LogP contribution is -2.19. The lowest BCUT2D eigenvalue weighted by Gasteiger charge is -2.08. The summed E-state index contributed by atoms with van der Waals surface area (Å²) in [6.07, 6.45) is 6.88. The largest absolute Gasteiger partial charge is 0.346 e. The number of aromatic amines is 1. The molecule has 0 unspecified atom stereocenters. The van der Waals surface area contributed by atoms with Crippen molar-refractivity contribution in [3.8, 4) is 0 Å². The van der Waals surface area contributed by atoms with E-state index in [2.05, 4.69) is 25.6 Å². The number of aromatic nitrogens is 3. The third-order valence-electron chi connectivity index (χ3n) is 3.54. The number of carbonyl (C=O) groups is 1. The van der Waals surface area contributed by atoms with Gasteiger partial charge in [0.15, 0.2) is 0 Å². The van der Waals surface area contributed by atoms with E-state index >= 15 is 0 Å². The predicted octanol–water partition coefficient (Wildman–Crippen LogP) is 3.54. The van der Waals surface area contributed by atoms with E-state index in [-0.39, 0.29) is 6.03 Å². The number of hydrogen-bond donors (Lipinski definition) is 3. The molecule has 0 saturated heterocycles. The van der Waals surface area contributed by atoms with Crippen LogP contribution >= 0.6 is 0 Å². The minimum atomic E-state index is -0.288. The molecule has 2 amide bonds. The van der Waals surface area contributed by atoms with Crippen molar-refractivity contribution in [2.75, 3.05) is 10.6 Å². The number of nitrogens with one attached hydrogen (secondary N) is 3. The minimum absolute atomic E-state index is 0.288. The lowest BCUT2D eigenvalue weighted by atomic mass is 10.1. The first-order valence-corrected chi connectivity index (χ1v) is 7.76. The molecule has 3 rings (SSSR count). The highest BCUT2D eigenvalue weighted by atomic mass is 16.2. The van der Waals surface area contributed by atoms with Crippen molar-refractivity contribution < 1.29 is 4.79 Å². The smallest absolute Gasteiger partial charge is 0.323 e. The summed E-state index contributed by atoms with van der Waals surface area (Å²) in [4.78, 5) is 23.4. The van der Waals surface area contributed by atoms with Crippen LogP contribution in [0.15, 0.2) is 55.0 Å². The monoisotopic (exact) mass is 321 g/mol. The van der Waals surface area contributed by atoms with Crippen LogP contribution in [-0.2, 0) is 12.8 Å². The number of nitrogens with zero attached hydrogens (tertiary/aromatic N) is 2. The Morgan fingerprint density at radius 1 is 1.08 bits per heavy atom. The number of imidazole rings is 1. The number of anilines is 2. The van der Waals surface area contributed by atoms with Crippen molar-refractivity contribution in [2.45, 2.75) is 19.8 Å². The van der Waals surface area contributed by atoms with Gasteiger partial charge in [0.2, 0.25) is 0 Å². The van der Waals surface area contributed by atoms with Crippen molar-refractivity contribution >= 4 is 17.4 Å². The van der Waals surface area contributed by atoms with Crippen LogP contribution in [0.5, 0.6) is 0 Å². The highest BCUT2D eigenvalue weighted by Gasteiger charge is 2.04. The van der Waals surface area contributed by atoms with Crippen molar-refractivity contribution in [3.63, 3.8) is 0 Å². The maximum absolute atomic E-state index is 12.0. The van der Waals surface area contributed by atoms with Gasteiger partial charge in [-0.1, -0.05) is 12.1 Å². The standard InChI is InChI=1S/C18H19N5O/c1-13-20-12-17(21-13)8-7-14-4-2-5-15(10-14)22-18(24)23-16-6-3-9-19-11-16/h2-6,9-12H,7-8H2,1H3,(H,20,21)(H2,22,23,24). The number of carbonyl (C=O) groups excluding carboxylic acids is 1. The molecule has 1 aromatic carbocycles. The van der Waals surface area contributed by atoms with Gasteiger partial charge in [0.05, 0.1) is 11.9 Å². The van der Waals surface area contributed by atoms with E-state index in [4.69, 9.17) is 0 Å². The first kappa shape index (κ1) is 15.7. The van der Waals surface area contributed by atoms with E-state index in [1.165, 1.54) is 0 Å². The van der Waals surface area contributed by atoms with Crippen LogP contribution in [0.3, 0.4) is 0 Å². The fourth-order valence-corrected chi connectivity index (χ4v) is 2.41. The van der Waals surface area contributed by atoms with Gasteiger partial charge in [-0.3, -0.25) is 4.98 Å². The molecule has 3 N–H and O–H groups in total. The van der Waals surface area contributed by atoms with E-state index in [1.54, 1.807) is 24.5 Å². The van der Waals surface area contributed by atoms with Gasteiger partial charge in [-0.2, -0.15) is 0 Å². The van der Waals surface area contributed by atoms with Crippen LogP contribution in [0.1, 0.15) is 17.1 Å². The Morgan fingerprint density at radius 3 is 2.67 bits per heavy atom. The van der Waals surface area contributed by atoms with E-state index in [0.29, 0.717) is 5.69 Å². The number of pyridine rings is 1. The van der Waals surface area contributed by atoms with Gasteiger partial charge in [0, 0.05) is 23.8 Å². The molecule has 0 aliphatic heterocycles. The second kappa shape index (κ2) is 7.41. The zero-order chi connectivity index (χ0) is 16.8. The molecule has 0 aliphatic rings. The molecule has 2 aromatic heterocycles. The van der Waals surface area contributed by atoms with E-state index in [0.717, 1.165) is 35.6 Å². The fourth-order valence-electron chi connectivity index (χ4n) is 2.41. The number of amides is 2. The molecule has 0 fully saturated rings. The van der Waals surface area contributed by atoms with E-state index < -0.39 is 0 Å². The Morgan fingerprint density at radius 2 is 1.92 bits per heavy atom. The second-order valence-corrected chi connectivity index (χ2v) is 5.52. The van der Waals surface area contributed by atoms with Crippen LogP contribution in [-0.4, -0.2) is 21.0 Å². The molecule has 24 heavy (non-hydrogen) atoms. The van der Waals surface area contributed by atoms with Gasteiger partial charge >= 0.3 is 6.03 Å². The summed E-state index contributed by atoms with van der Waals surface area (Å²) in [5, 5.41) is 5.58. The van der Waals surface area contributed by atoms with Crippen molar-refractivity contribution in [2.24, 2.45) is 0 Å². The molecule has 3 aromatic rings. The number of urea groups is 1. The van der Waals surface area contributed by atoms with Crippen molar-refractivity contribution in [3.05, 3.63) is 72.1 Å². The van der Waals surface area contributed by atoms with Gasteiger partial charge in [-0.05, 0) is 49.6 Å². The first-order valence-electron chi connectivity index (χ1n) is 7.76. The number of hydrogen-bond acceptors (Lipinski definition) is 3. The molecule has 0 radical (unpaired) electrons. The summed E-state index contributed by atoms with van der Waals surface area (Å²) in [7, 11) is 0. The zero-order valence-corrected chi connectivity index (χ0v) is 13.4. The summed E-state index contributed by atoms with van der Waals surface area (Å²) < 4.78 is 0. The Labute approximate surface area is 140 Å². The predicted molar refractivity (Wildman–Crippen MR) is 94.1 cm³/mol. The van der Waals surface area contributed by atoms with Crippen LogP contribution < -0.4 is 10.6 Å². The fraction of sp³-hybridized carbons (Fsp3) is 0.167. The van der Waals surface area contributed by atoms with Gasteiger partial charge in [0.1, 0.15) is 5.82 Å². The summed E-state index contributed by atoms with van der Waals surface area (Å²) in [6, 6.07) is 11.1. The third kappa shape index (κ3) is 4.42. The van der Waals surface area contributed by atoms with Gasteiger partial charge in [-0.15, -0.1) is 0 Å². The van der Waals surface area contributed by atoms with Crippen LogP contribution in [0, 0.1) is 6.92 Å². The van der Waals surface area contributed by atoms with E-state index in [9.17, 15) is 4.79 Å². The Balaban J connectivity index is 1.57. The maximum atomic E-state index is 12.0. The Hall–Kier alpha value is -3.15. The molecule has 0 bridgehead atoms. The minimum Gasteiger partial charge on any atom is -0.346 e. The highest BCUT2D eigenvalue weighted by molar-refractivity contribution is 5.99. The Bertz CT molecular complexity index is 813. The van der Waals surface area contributed by atoms with Crippen LogP contribution in [0.2, 0.25) is 0 Å². The average Bonchev–Trinajstić information content (AvgIpc) is 3.00. The topological polar surface area (TPSA) is 82.7 Å². The zero-order valence-electron chi connectivity index (χ0n) is 13.4. The molecule has 6 nitrogen and oxygen atoms in total. The third-order valence-corrected chi connectivity index (χ3v) is 3.54. The number of aryl methyl sites for hydroxylation is 3. The molecule has 2 heterocycles. The SMILES string of the molecule is Cc1ncc(CCc2cccc(NC(=O)Nc3cccnc3)c2)[nH]1. The molecule has 122 valence electrons. The number of benzene rings is 1. The summed E-state index contributed by atoms with van der Waals surface area (Å²) in [6.45, 7) is 1.94. The van der Waals surface area contributed by atoms with Crippen LogP contribution in [0.4, 0.5) is 16.2 Å². The van der Waals surface area contributed by atoms with Gasteiger partial charge < -0.3 is 15.6 Å². The lowest BCUT2D eigenvalue weighted by molar-refractivity contribution is 0.262. The molecule has 0 atom stereocenters. The summed E-state index contributed by atoms with van der Waals surface area (Å²) >= 11 is 0. The van der Waals surface area contributed by atoms with Gasteiger partial charge in [0.25, 0.3) is 0 Å². The molecular formula is C18H19N5O. The van der Waals surface area contributed by atoms with Crippen molar-refractivity contribution in [1.29, 1.82) is 0 Å². The Kier molecular flexibility index (Phi) is 4.86. The van der Waals surface area contributed by atoms with Crippen LogP contribution in [0.25, 0.3) is 0 Å². The molecule has 6 heteroatoms. The quantitative estimate of drug-likeness (QED) is 0.672. The van der Waals surface area contributed by atoms with Gasteiger partial charge in [-0.25, -0.2) is 9.78 Å². The molecular weight excluding hydrogens is 302 g/mol. The molecule has 0 saturated carbocycles. The summed E-state index contributed by atoms with van der Waals surface area (Å²) in [5.74, 6) is 0.924. The second-order valence-electron chi connectivity index (χ2n) is 5.52. The molecule has 0 spiro atoms. The summed E-state index contributed by atoms with van der Waals surface area (Å²) in [5.41, 5.74) is 3.68. The number of H-pyrrole nitrogens is 1. The molecule has 0 aliphatic carbocycles. The van der Waals surface area contributed by atoms with E-state index in [1.807, 2.05) is 37.4 Å². The average molecular weight is 321 g/mol. The maximum Gasteiger partial charge on any atom is 0.323 e. The first-order chi connectivity index (χ1) is 11.7. The highest BCUT2D eigenvalue weighted by Crippen LogP contribution is 2.14. The number of rotatable bonds is 5.